The summed E-state index contributed by atoms with van der Waals surface area (Å²) in [5, 5.41) is 25.4. The predicted octanol–water partition coefficient (Wildman–Crippen LogP) is -0.306. The standard InChI is InChI=1S/2C8H9NO2.Ni/c2*10-8(11)6-9-7-4-2-1-3-5-7;/h2*1-5,9H,6H2,(H,10,11);/q;;+2/p-2. The molecule has 2 rings (SSSR count). The van der Waals surface area contributed by atoms with Crippen LogP contribution in [0.5, 0.6) is 0 Å². The Bertz CT molecular complexity index is 526. The van der Waals surface area contributed by atoms with E-state index in [-0.39, 0.29) is 29.6 Å². The van der Waals surface area contributed by atoms with E-state index >= 15 is 0 Å². The zero-order chi connectivity index (χ0) is 16.2. The molecule has 2 N–H and O–H groups in total. The molecule has 23 heavy (non-hydrogen) atoms. The van der Waals surface area contributed by atoms with Crippen LogP contribution in [0, 0.1) is 0 Å². The first-order valence-corrected chi connectivity index (χ1v) is 6.55. The van der Waals surface area contributed by atoms with E-state index in [1.54, 1.807) is 24.3 Å². The summed E-state index contributed by atoms with van der Waals surface area (Å²) in [6, 6.07) is 18.2. The number of benzene rings is 2. The van der Waals surface area contributed by atoms with Crippen molar-refractivity contribution in [2.24, 2.45) is 0 Å². The number of aliphatic carboxylic acids is 2. The third kappa shape index (κ3) is 10.8. The van der Waals surface area contributed by atoms with Gasteiger partial charge in [-0.25, -0.2) is 0 Å². The summed E-state index contributed by atoms with van der Waals surface area (Å²) in [6.45, 7) is -0.298. The number of hydrogen-bond acceptors (Lipinski definition) is 6. The van der Waals surface area contributed by atoms with Gasteiger partial charge in [0.1, 0.15) is 0 Å². The number of nitrogens with one attached hydrogen (secondary N) is 2. The summed E-state index contributed by atoms with van der Waals surface area (Å²) >= 11 is 0. The first kappa shape index (κ1) is 20.5. The zero-order valence-corrected chi connectivity index (χ0v) is 13.1. The van der Waals surface area contributed by atoms with Crippen LogP contribution in [-0.4, -0.2) is 25.0 Å². The predicted molar refractivity (Wildman–Crippen MR) is 79.9 cm³/mol. The van der Waals surface area contributed by atoms with Crippen LogP contribution in [0.1, 0.15) is 0 Å². The minimum atomic E-state index is -1.10. The molecule has 0 fully saturated rings. The van der Waals surface area contributed by atoms with Crippen molar-refractivity contribution in [3.63, 3.8) is 0 Å². The summed E-state index contributed by atoms with van der Waals surface area (Å²) in [4.78, 5) is 20.0. The molecule has 0 aromatic heterocycles. The molecule has 0 aliphatic carbocycles. The zero-order valence-electron chi connectivity index (χ0n) is 12.1. The summed E-state index contributed by atoms with van der Waals surface area (Å²) in [6.07, 6.45) is 0. The molecular formula is C16H16N2NiO4. The van der Waals surface area contributed by atoms with Gasteiger partial charge in [0, 0.05) is 11.4 Å². The van der Waals surface area contributed by atoms with Gasteiger partial charge < -0.3 is 30.4 Å². The van der Waals surface area contributed by atoms with Gasteiger partial charge in [0.2, 0.25) is 0 Å². The number of carboxylic acids is 2. The van der Waals surface area contributed by atoms with Gasteiger partial charge in [-0.15, -0.1) is 0 Å². The maximum Gasteiger partial charge on any atom is 2.00 e. The number of para-hydroxylation sites is 2. The van der Waals surface area contributed by atoms with Gasteiger partial charge >= 0.3 is 16.5 Å². The molecule has 0 saturated heterocycles. The normalized spacial score (nSPS) is 8.70. The van der Waals surface area contributed by atoms with Gasteiger partial charge in [-0.2, -0.15) is 0 Å². The molecule has 0 amide bonds. The molecule has 7 heteroatoms. The van der Waals surface area contributed by atoms with E-state index in [0.29, 0.717) is 0 Å². The minimum absolute atomic E-state index is 0. The van der Waals surface area contributed by atoms with E-state index in [4.69, 9.17) is 0 Å². The molecule has 0 bridgehead atoms. The quantitative estimate of drug-likeness (QED) is 0.686. The monoisotopic (exact) mass is 358 g/mol. The largest absolute Gasteiger partial charge is 2.00 e. The molecule has 6 nitrogen and oxygen atoms in total. The molecule has 0 aliphatic rings. The molecule has 0 saturated carbocycles. The summed E-state index contributed by atoms with van der Waals surface area (Å²) in [5.74, 6) is -2.21. The van der Waals surface area contributed by atoms with Crippen molar-refractivity contribution in [1.29, 1.82) is 0 Å². The van der Waals surface area contributed by atoms with E-state index in [0.717, 1.165) is 11.4 Å². The Labute approximate surface area is 144 Å². The minimum Gasteiger partial charge on any atom is -0.548 e. The number of carbonyl (C=O) groups excluding carboxylic acids is 2. The second-order valence-corrected chi connectivity index (χ2v) is 4.18. The van der Waals surface area contributed by atoms with Gasteiger partial charge in [-0.3, -0.25) is 0 Å². The topological polar surface area (TPSA) is 104 Å². The fraction of sp³-hybridized carbons (Fsp3) is 0.125. The van der Waals surface area contributed by atoms with Crippen molar-refractivity contribution < 1.29 is 36.3 Å². The average Bonchev–Trinajstić information content (AvgIpc) is 2.53. The fourth-order valence-corrected chi connectivity index (χ4v) is 1.46. The Morgan fingerprint density at radius 3 is 1.26 bits per heavy atom. The molecule has 0 atom stereocenters. The third-order valence-corrected chi connectivity index (χ3v) is 2.42. The summed E-state index contributed by atoms with van der Waals surface area (Å²) in [7, 11) is 0. The smallest absolute Gasteiger partial charge is 0.548 e. The molecular weight excluding hydrogens is 343 g/mol. The maximum absolute atomic E-state index is 10.00. The molecule has 0 radical (unpaired) electrons. The molecule has 0 aliphatic heterocycles. The van der Waals surface area contributed by atoms with E-state index in [2.05, 4.69) is 10.6 Å². The van der Waals surface area contributed by atoms with Crippen LogP contribution in [-0.2, 0) is 26.1 Å². The maximum atomic E-state index is 10.00. The van der Waals surface area contributed by atoms with Crippen molar-refractivity contribution in [3.05, 3.63) is 60.7 Å². The van der Waals surface area contributed by atoms with Crippen LogP contribution in [0.3, 0.4) is 0 Å². The molecule has 2 aromatic rings. The van der Waals surface area contributed by atoms with Crippen LogP contribution < -0.4 is 20.8 Å². The second kappa shape index (κ2) is 12.1. The number of anilines is 2. The molecule has 0 unspecified atom stereocenters. The van der Waals surface area contributed by atoms with Crippen molar-refractivity contribution >= 4 is 23.3 Å². The van der Waals surface area contributed by atoms with E-state index in [1.165, 1.54) is 0 Å². The molecule has 124 valence electrons. The van der Waals surface area contributed by atoms with Crippen molar-refractivity contribution in [2.45, 2.75) is 0 Å². The van der Waals surface area contributed by atoms with Crippen LogP contribution in [0.15, 0.2) is 60.7 Å². The Kier molecular flexibility index (Phi) is 10.7. The van der Waals surface area contributed by atoms with Crippen molar-refractivity contribution in [3.8, 4) is 0 Å². The Morgan fingerprint density at radius 2 is 1.00 bits per heavy atom. The van der Waals surface area contributed by atoms with E-state index < -0.39 is 11.9 Å². The van der Waals surface area contributed by atoms with Crippen LogP contribution in [0.25, 0.3) is 0 Å². The van der Waals surface area contributed by atoms with E-state index in [1.807, 2.05) is 36.4 Å². The van der Waals surface area contributed by atoms with E-state index in [9.17, 15) is 19.8 Å². The Morgan fingerprint density at radius 1 is 0.696 bits per heavy atom. The number of carboxylic acid groups (broad SMARTS) is 2. The van der Waals surface area contributed by atoms with Crippen molar-refractivity contribution in [2.75, 3.05) is 23.7 Å². The van der Waals surface area contributed by atoms with Crippen LogP contribution >= 0.6 is 0 Å². The fourth-order valence-electron chi connectivity index (χ4n) is 1.46. The molecule has 0 spiro atoms. The number of hydrogen-bond donors (Lipinski definition) is 2. The van der Waals surface area contributed by atoms with Gasteiger partial charge in [-0.1, -0.05) is 36.4 Å². The van der Waals surface area contributed by atoms with Crippen LogP contribution in [0.2, 0.25) is 0 Å². The van der Waals surface area contributed by atoms with Crippen LogP contribution in [0.4, 0.5) is 11.4 Å². The Hall–Kier alpha value is -2.53. The SMILES string of the molecule is O=C([O-])CNc1ccccc1.O=C([O-])CNc1ccccc1.[Ni+2]. The van der Waals surface area contributed by atoms with Gasteiger partial charge in [-0.05, 0) is 24.3 Å². The first-order valence-electron chi connectivity index (χ1n) is 6.55. The van der Waals surface area contributed by atoms with Gasteiger partial charge in [0.05, 0.1) is 25.0 Å². The third-order valence-electron chi connectivity index (χ3n) is 2.42. The first-order chi connectivity index (χ1) is 10.6. The summed E-state index contributed by atoms with van der Waals surface area (Å²) < 4.78 is 0. The Balaban J connectivity index is 0.000000403. The van der Waals surface area contributed by atoms with Gasteiger partial charge in [0.15, 0.2) is 0 Å². The molecule has 2 aromatic carbocycles. The number of carbonyl (C=O) groups is 2. The molecule has 0 heterocycles. The summed E-state index contributed by atoms with van der Waals surface area (Å²) in [5.41, 5.74) is 1.58. The van der Waals surface area contributed by atoms with Crippen molar-refractivity contribution in [1.82, 2.24) is 0 Å². The second-order valence-electron chi connectivity index (χ2n) is 4.18. The average molecular weight is 359 g/mol. The van der Waals surface area contributed by atoms with Gasteiger partial charge in [0.25, 0.3) is 0 Å². The number of rotatable bonds is 6.